The zero-order valence-electron chi connectivity index (χ0n) is 11.2. The molecule has 2 N–H and O–H groups in total. The molecule has 0 fully saturated rings. The van der Waals surface area contributed by atoms with Crippen molar-refractivity contribution in [3.8, 4) is 0 Å². The zero-order valence-corrected chi connectivity index (χ0v) is 11.2. The lowest BCUT2D eigenvalue weighted by Gasteiger charge is -2.09. The van der Waals surface area contributed by atoms with Gasteiger partial charge in [0.25, 0.3) is 5.91 Å². The second kappa shape index (κ2) is 6.93. The molecule has 1 atom stereocenters. The topological polar surface area (TPSA) is 84.3 Å². The third kappa shape index (κ3) is 3.72. The highest BCUT2D eigenvalue weighted by Gasteiger charge is 2.10. The van der Waals surface area contributed by atoms with Gasteiger partial charge >= 0.3 is 0 Å². The van der Waals surface area contributed by atoms with Crippen LogP contribution in [0.5, 0.6) is 0 Å². The van der Waals surface area contributed by atoms with E-state index in [-0.39, 0.29) is 18.2 Å². The SMILES string of the molecule is COCC(O)CCNC(=O)c1cnc2ccccc2n1. The van der Waals surface area contributed by atoms with Gasteiger partial charge in [0.05, 0.1) is 29.9 Å². The number of para-hydroxylation sites is 2. The Kier molecular flexibility index (Phi) is 4.97. The van der Waals surface area contributed by atoms with Crippen LogP contribution >= 0.6 is 0 Å². The van der Waals surface area contributed by atoms with Crippen LogP contribution in [-0.4, -0.2) is 47.3 Å². The Balaban J connectivity index is 1.94. The molecule has 106 valence electrons. The first kappa shape index (κ1) is 14.4. The molecule has 2 aromatic rings. The van der Waals surface area contributed by atoms with E-state index in [1.165, 1.54) is 13.3 Å². The van der Waals surface area contributed by atoms with E-state index in [2.05, 4.69) is 15.3 Å². The monoisotopic (exact) mass is 275 g/mol. The molecule has 1 aromatic heterocycles. The highest BCUT2D eigenvalue weighted by molar-refractivity contribution is 5.93. The largest absolute Gasteiger partial charge is 0.391 e. The predicted octanol–water partition coefficient (Wildman–Crippen LogP) is 0.757. The molecular weight excluding hydrogens is 258 g/mol. The number of aliphatic hydroxyl groups excluding tert-OH is 1. The first-order valence-corrected chi connectivity index (χ1v) is 6.37. The molecule has 6 nitrogen and oxygen atoms in total. The second-order valence-electron chi connectivity index (χ2n) is 4.40. The van der Waals surface area contributed by atoms with Crippen LogP contribution in [0.1, 0.15) is 16.9 Å². The number of aliphatic hydroxyl groups is 1. The molecule has 6 heteroatoms. The van der Waals surface area contributed by atoms with Gasteiger partial charge in [0.2, 0.25) is 0 Å². The fourth-order valence-corrected chi connectivity index (χ4v) is 1.79. The molecule has 0 aliphatic heterocycles. The second-order valence-corrected chi connectivity index (χ2v) is 4.40. The van der Waals surface area contributed by atoms with Crippen molar-refractivity contribution in [2.24, 2.45) is 0 Å². The molecule has 1 unspecified atom stereocenters. The molecule has 2 rings (SSSR count). The number of fused-ring (bicyclic) bond motifs is 1. The average Bonchev–Trinajstić information content (AvgIpc) is 2.47. The van der Waals surface area contributed by atoms with Crippen LogP contribution < -0.4 is 5.32 Å². The number of methoxy groups -OCH3 is 1. The van der Waals surface area contributed by atoms with Crippen molar-refractivity contribution >= 4 is 16.9 Å². The minimum Gasteiger partial charge on any atom is -0.391 e. The minimum atomic E-state index is -0.581. The molecule has 0 bridgehead atoms. The van der Waals surface area contributed by atoms with E-state index in [1.807, 2.05) is 18.2 Å². The highest BCUT2D eigenvalue weighted by atomic mass is 16.5. The highest BCUT2D eigenvalue weighted by Crippen LogP contribution is 2.08. The summed E-state index contributed by atoms with van der Waals surface area (Å²) in [5, 5.41) is 12.2. The van der Waals surface area contributed by atoms with Crippen molar-refractivity contribution < 1.29 is 14.6 Å². The molecule has 0 radical (unpaired) electrons. The van der Waals surface area contributed by atoms with Gasteiger partial charge in [-0.1, -0.05) is 12.1 Å². The number of benzene rings is 1. The van der Waals surface area contributed by atoms with E-state index in [0.29, 0.717) is 18.5 Å². The quantitative estimate of drug-likeness (QED) is 0.813. The van der Waals surface area contributed by atoms with Gasteiger partial charge in [0, 0.05) is 13.7 Å². The standard InChI is InChI=1S/C14H17N3O3/c1-20-9-10(18)6-7-15-14(19)13-8-16-11-4-2-3-5-12(11)17-13/h2-5,8,10,18H,6-7,9H2,1H3,(H,15,19). The van der Waals surface area contributed by atoms with Gasteiger partial charge in [-0.2, -0.15) is 0 Å². The van der Waals surface area contributed by atoms with Crippen LogP contribution in [0, 0.1) is 0 Å². The number of ether oxygens (including phenoxy) is 1. The fourth-order valence-electron chi connectivity index (χ4n) is 1.79. The molecule has 1 heterocycles. The van der Waals surface area contributed by atoms with Crippen molar-refractivity contribution in [2.75, 3.05) is 20.3 Å². The van der Waals surface area contributed by atoms with Gasteiger partial charge in [0.15, 0.2) is 0 Å². The number of hydrogen-bond donors (Lipinski definition) is 2. The van der Waals surface area contributed by atoms with E-state index in [0.717, 1.165) is 5.52 Å². The summed E-state index contributed by atoms with van der Waals surface area (Å²) in [6.45, 7) is 0.615. The van der Waals surface area contributed by atoms with Crippen molar-refractivity contribution in [3.63, 3.8) is 0 Å². The maximum absolute atomic E-state index is 11.9. The summed E-state index contributed by atoms with van der Waals surface area (Å²) in [5.74, 6) is -0.298. The molecule has 0 aliphatic carbocycles. The first-order valence-electron chi connectivity index (χ1n) is 6.37. The Morgan fingerprint density at radius 2 is 2.15 bits per heavy atom. The lowest BCUT2D eigenvalue weighted by atomic mass is 10.2. The number of nitrogens with one attached hydrogen (secondary N) is 1. The van der Waals surface area contributed by atoms with Crippen molar-refractivity contribution in [3.05, 3.63) is 36.2 Å². The summed E-state index contributed by atoms with van der Waals surface area (Å²) in [4.78, 5) is 20.3. The number of rotatable bonds is 6. The van der Waals surface area contributed by atoms with Crippen LogP contribution in [0.25, 0.3) is 11.0 Å². The molecular formula is C14H17N3O3. The number of carbonyl (C=O) groups excluding carboxylic acids is 1. The molecule has 0 saturated heterocycles. The Morgan fingerprint density at radius 1 is 1.40 bits per heavy atom. The smallest absolute Gasteiger partial charge is 0.271 e. The van der Waals surface area contributed by atoms with Gasteiger partial charge < -0.3 is 15.2 Å². The predicted molar refractivity (Wildman–Crippen MR) is 74.4 cm³/mol. The number of amides is 1. The summed E-state index contributed by atoms with van der Waals surface area (Å²) in [7, 11) is 1.52. The number of carbonyl (C=O) groups is 1. The third-order valence-electron chi connectivity index (χ3n) is 2.80. The van der Waals surface area contributed by atoms with E-state index in [4.69, 9.17) is 4.74 Å². The van der Waals surface area contributed by atoms with Gasteiger partial charge in [-0.3, -0.25) is 9.78 Å². The normalized spacial score (nSPS) is 12.3. The summed E-state index contributed by atoms with van der Waals surface area (Å²) >= 11 is 0. The summed E-state index contributed by atoms with van der Waals surface area (Å²) < 4.78 is 4.81. The van der Waals surface area contributed by atoms with Crippen molar-refractivity contribution in [2.45, 2.75) is 12.5 Å². The van der Waals surface area contributed by atoms with E-state index in [1.54, 1.807) is 6.07 Å². The van der Waals surface area contributed by atoms with Crippen LogP contribution in [0.3, 0.4) is 0 Å². The Hall–Kier alpha value is -2.05. The van der Waals surface area contributed by atoms with Gasteiger partial charge in [-0.25, -0.2) is 4.98 Å². The maximum atomic E-state index is 11.9. The number of nitrogens with zero attached hydrogens (tertiary/aromatic N) is 2. The van der Waals surface area contributed by atoms with E-state index >= 15 is 0 Å². The van der Waals surface area contributed by atoms with Crippen LogP contribution in [0.15, 0.2) is 30.5 Å². The lowest BCUT2D eigenvalue weighted by Crippen LogP contribution is -2.29. The summed E-state index contributed by atoms with van der Waals surface area (Å²) in [5.41, 5.74) is 1.70. The van der Waals surface area contributed by atoms with Crippen LogP contribution in [0.2, 0.25) is 0 Å². The summed E-state index contributed by atoms with van der Waals surface area (Å²) in [6.07, 6.45) is 1.30. The zero-order chi connectivity index (χ0) is 14.4. The van der Waals surface area contributed by atoms with Crippen LogP contribution in [0.4, 0.5) is 0 Å². The van der Waals surface area contributed by atoms with Crippen LogP contribution in [-0.2, 0) is 4.74 Å². The van der Waals surface area contributed by atoms with E-state index in [9.17, 15) is 9.90 Å². The average molecular weight is 275 g/mol. The van der Waals surface area contributed by atoms with E-state index < -0.39 is 6.10 Å². The molecule has 1 aromatic carbocycles. The minimum absolute atomic E-state index is 0.256. The Labute approximate surface area is 116 Å². The van der Waals surface area contributed by atoms with Gasteiger partial charge in [-0.05, 0) is 18.6 Å². The fraction of sp³-hybridized carbons (Fsp3) is 0.357. The van der Waals surface area contributed by atoms with Gasteiger partial charge in [-0.15, -0.1) is 0 Å². The van der Waals surface area contributed by atoms with Gasteiger partial charge in [0.1, 0.15) is 5.69 Å². The van der Waals surface area contributed by atoms with Crippen molar-refractivity contribution in [1.82, 2.24) is 15.3 Å². The molecule has 1 amide bonds. The number of aromatic nitrogens is 2. The summed E-state index contributed by atoms with van der Waals surface area (Å²) in [6, 6.07) is 7.36. The number of hydrogen-bond acceptors (Lipinski definition) is 5. The van der Waals surface area contributed by atoms with Crippen molar-refractivity contribution in [1.29, 1.82) is 0 Å². The lowest BCUT2D eigenvalue weighted by molar-refractivity contribution is 0.0587. The third-order valence-corrected chi connectivity index (χ3v) is 2.80. The molecule has 0 spiro atoms. The maximum Gasteiger partial charge on any atom is 0.271 e. The molecule has 20 heavy (non-hydrogen) atoms. The first-order chi connectivity index (χ1) is 9.70. The Morgan fingerprint density at radius 3 is 2.90 bits per heavy atom. The Bertz CT molecular complexity index is 589. The molecule has 0 saturated carbocycles. The molecule has 0 aliphatic rings.